The molecule has 2 aromatic rings. The molecule has 166 valence electrons. The van der Waals surface area contributed by atoms with Gasteiger partial charge in [-0.05, 0) is 48.7 Å². The van der Waals surface area contributed by atoms with E-state index in [1.165, 1.54) is 11.6 Å². The molecule has 0 aromatic heterocycles. The van der Waals surface area contributed by atoms with Crippen molar-refractivity contribution in [2.24, 2.45) is 0 Å². The molecule has 0 saturated carbocycles. The molecular formula is C24H31FN4O2. The number of nitrogens with zero attached hydrogens (tertiary/aromatic N) is 2. The minimum absolute atomic E-state index is 0.187. The van der Waals surface area contributed by atoms with Crippen molar-refractivity contribution in [2.75, 3.05) is 49.5 Å². The molecule has 31 heavy (non-hydrogen) atoms. The predicted molar refractivity (Wildman–Crippen MR) is 122 cm³/mol. The van der Waals surface area contributed by atoms with Crippen molar-refractivity contribution in [1.29, 1.82) is 0 Å². The number of benzene rings is 2. The molecule has 2 amide bonds. The van der Waals surface area contributed by atoms with E-state index in [-0.39, 0.29) is 5.82 Å². The molecule has 1 aliphatic rings. The van der Waals surface area contributed by atoms with Crippen LogP contribution in [-0.4, -0.2) is 56.0 Å². The van der Waals surface area contributed by atoms with Gasteiger partial charge in [0.15, 0.2) is 0 Å². The van der Waals surface area contributed by atoms with Crippen LogP contribution in [0.25, 0.3) is 0 Å². The highest BCUT2D eigenvalue weighted by Gasteiger charge is 2.19. The second-order valence-electron chi connectivity index (χ2n) is 8.12. The van der Waals surface area contributed by atoms with Crippen molar-refractivity contribution >= 4 is 23.2 Å². The number of piperazine rings is 1. The monoisotopic (exact) mass is 426 g/mol. The smallest absolute Gasteiger partial charge is 0.313 e. The Morgan fingerprint density at radius 1 is 0.968 bits per heavy atom. The number of amides is 2. The average molecular weight is 427 g/mol. The Morgan fingerprint density at radius 2 is 1.65 bits per heavy atom. The zero-order chi connectivity index (χ0) is 22.2. The molecule has 0 radical (unpaired) electrons. The fourth-order valence-corrected chi connectivity index (χ4v) is 3.64. The van der Waals surface area contributed by atoms with Crippen molar-refractivity contribution in [2.45, 2.75) is 26.2 Å². The third kappa shape index (κ3) is 6.52. The van der Waals surface area contributed by atoms with Crippen LogP contribution in [0.15, 0.2) is 48.5 Å². The lowest BCUT2D eigenvalue weighted by atomic mass is 10.0. The van der Waals surface area contributed by atoms with E-state index >= 15 is 0 Å². The summed E-state index contributed by atoms with van der Waals surface area (Å²) in [6, 6.07) is 14.4. The zero-order valence-electron chi connectivity index (χ0n) is 18.2. The van der Waals surface area contributed by atoms with Crippen molar-refractivity contribution in [3.63, 3.8) is 0 Å². The maximum absolute atomic E-state index is 13.9. The quantitative estimate of drug-likeness (QED) is 0.527. The van der Waals surface area contributed by atoms with Crippen molar-refractivity contribution < 1.29 is 14.0 Å². The summed E-state index contributed by atoms with van der Waals surface area (Å²) < 4.78 is 13.9. The number of carbonyl (C=O) groups excluding carboxylic acids is 2. The van der Waals surface area contributed by atoms with E-state index in [4.69, 9.17) is 0 Å². The van der Waals surface area contributed by atoms with Gasteiger partial charge in [-0.2, -0.15) is 0 Å². The molecule has 0 spiro atoms. The lowest BCUT2D eigenvalue weighted by Crippen LogP contribution is -2.47. The van der Waals surface area contributed by atoms with Gasteiger partial charge in [0.05, 0.1) is 5.69 Å². The number of halogens is 1. The Morgan fingerprint density at radius 3 is 2.29 bits per heavy atom. The Balaban J connectivity index is 1.33. The maximum atomic E-state index is 13.9. The van der Waals surface area contributed by atoms with E-state index in [0.29, 0.717) is 23.8 Å². The molecule has 0 aliphatic carbocycles. The van der Waals surface area contributed by atoms with E-state index in [0.717, 1.165) is 39.1 Å². The van der Waals surface area contributed by atoms with Crippen LogP contribution in [-0.2, 0) is 9.59 Å². The van der Waals surface area contributed by atoms with Gasteiger partial charge >= 0.3 is 11.8 Å². The lowest BCUT2D eigenvalue weighted by Gasteiger charge is -2.36. The molecular weight excluding hydrogens is 395 g/mol. The topological polar surface area (TPSA) is 64.7 Å². The second-order valence-corrected chi connectivity index (χ2v) is 8.12. The van der Waals surface area contributed by atoms with Gasteiger partial charge in [0.25, 0.3) is 0 Å². The molecule has 0 atom stereocenters. The van der Waals surface area contributed by atoms with Gasteiger partial charge in [-0.3, -0.25) is 14.5 Å². The van der Waals surface area contributed by atoms with Crippen LogP contribution >= 0.6 is 0 Å². The Labute approximate surface area is 183 Å². The van der Waals surface area contributed by atoms with Gasteiger partial charge in [-0.25, -0.2) is 4.39 Å². The van der Waals surface area contributed by atoms with Gasteiger partial charge in [-0.1, -0.05) is 38.1 Å². The lowest BCUT2D eigenvalue weighted by molar-refractivity contribution is -0.136. The SMILES string of the molecule is CC(C)c1ccc(NC(=O)C(=O)NCCCN2CCN(c3ccccc3F)CC2)cc1. The van der Waals surface area contributed by atoms with Crippen molar-refractivity contribution in [3.8, 4) is 0 Å². The number of anilines is 2. The number of para-hydroxylation sites is 1. The standard InChI is InChI=1S/C24H31FN4O2/c1-18(2)19-8-10-20(11-9-19)27-24(31)23(30)26-12-5-13-28-14-16-29(17-15-28)22-7-4-3-6-21(22)25/h3-4,6-11,18H,5,12-17H2,1-2H3,(H,26,30)(H,27,31). The molecule has 0 unspecified atom stereocenters. The van der Waals surface area contributed by atoms with Gasteiger partial charge in [0.1, 0.15) is 5.82 Å². The highest BCUT2D eigenvalue weighted by atomic mass is 19.1. The molecule has 2 N–H and O–H groups in total. The van der Waals surface area contributed by atoms with Crippen LogP contribution in [0, 0.1) is 5.82 Å². The van der Waals surface area contributed by atoms with Gasteiger partial charge < -0.3 is 15.5 Å². The molecule has 0 bridgehead atoms. The normalized spacial score (nSPS) is 14.5. The van der Waals surface area contributed by atoms with Gasteiger partial charge in [-0.15, -0.1) is 0 Å². The minimum Gasteiger partial charge on any atom is -0.367 e. The van der Waals surface area contributed by atoms with Gasteiger partial charge in [0, 0.05) is 38.4 Å². The number of nitrogens with one attached hydrogen (secondary N) is 2. The molecule has 2 aromatic carbocycles. The molecule has 3 rings (SSSR count). The predicted octanol–water partition coefficient (Wildman–Crippen LogP) is 3.22. The molecule has 6 nitrogen and oxygen atoms in total. The zero-order valence-corrected chi connectivity index (χ0v) is 18.2. The van der Waals surface area contributed by atoms with E-state index in [1.54, 1.807) is 6.07 Å². The highest BCUT2D eigenvalue weighted by molar-refractivity contribution is 6.39. The number of hydrogen-bond acceptors (Lipinski definition) is 4. The second kappa shape index (κ2) is 10.9. The number of carbonyl (C=O) groups is 2. The maximum Gasteiger partial charge on any atom is 0.313 e. The van der Waals surface area contributed by atoms with Crippen LogP contribution in [0.4, 0.5) is 15.8 Å². The largest absolute Gasteiger partial charge is 0.367 e. The summed E-state index contributed by atoms with van der Waals surface area (Å²) >= 11 is 0. The Kier molecular flexibility index (Phi) is 8.00. The van der Waals surface area contributed by atoms with Crippen LogP contribution in [0.1, 0.15) is 31.7 Å². The first-order valence-corrected chi connectivity index (χ1v) is 10.8. The third-order valence-corrected chi connectivity index (χ3v) is 5.54. The van der Waals surface area contributed by atoms with Gasteiger partial charge in [0.2, 0.25) is 0 Å². The molecule has 1 heterocycles. The summed E-state index contributed by atoms with van der Waals surface area (Å²) in [7, 11) is 0. The number of rotatable bonds is 7. The van der Waals surface area contributed by atoms with Crippen molar-refractivity contribution in [1.82, 2.24) is 10.2 Å². The molecule has 1 fully saturated rings. The third-order valence-electron chi connectivity index (χ3n) is 5.54. The molecule has 7 heteroatoms. The van der Waals surface area contributed by atoms with E-state index < -0.39 is 11.8 Å². The Bertz CT molecular complexity index is 877. The average Bonchev–Trinajstić information content (AvgIpc) is 2.77. The fraction of sp³-hybridized carbons (Fsp3) is 0.417. The summed E-state index contributed by atoms with van der Waals surface area (Å²) in [5.74, 6) is -1.06. The van der Waals surface area contributed by atoms with Crippen LogP contribution in [0.3, 0.4) is 0 Å². The van der Waals surface area contributed by atoms with Crippen LogP contribution in [0.5, 0.6) is 0 Å². The number of hydrogen-bond donors (Lipinski definition) is 2. The summed E-state index contributed by atoms with van der Waals surface area (Å²) in [5, 5.41) is 5.30. The van der Waals surface area contributed by atoms with E-state index in [1.807, 2.05) is 36.4 Å². The fourth-order valence-electron chi connectivity index (χ4n) is 3.64. The van der Waals surface area contributed by atoms with Crippen LogP contribution < -0.4 is 15.5 Å². The summed E-state index contributed by atoms with van der Waals surface area (Å²) in [4.78, 5) is 28.4. The van der Waals surface area contributed by atoms with E-state index in [2.05, 4.69) is 34.3 Å². The first-order valence-electron chi connectivity index (χ1n) is 10.8. The summed E-state index contributed by atoms with van der Waals surface area (Å²) in [6.45, 7) is 8.69. The van der Waals surface area contributed by atoms with Crippen LogP contribution in [0.2, 0.25) is 0 Å². The molecule has 1 saturated heterocycles. The summed E-state index contributed by atoms with van der Waals surface area (Å²) in [5.41, 5.74) is 2.44. The summed E-state index contributed by atoms with van der Waals surface area (Å²) in [6.07, 6.45) is 0.752. The first-order chi connectivity index (χ1) is 14.9. The minimum atomic E-state index is -0.657. The molecule has 1 aliphatic heterocycles. The highest BCUT2D eigenvalue weighted by Crippen LogP contribution is 2.20. The Hall–Kier alpha value is -2.93. The first kappa shape index (κ1) is 22.7. The van der Waals surface area contributed by atoms with E-state index in [9.17, 15) is 14.0 Å². The van der Waals surface area contributed by atoms with Crippen molar-refractivity contribution in [3.05, 3.63) is 59.9 Å².